The molecule has 3 nitrogen and oxygen atoms in total. The molecule has 0 unspecified atom stereocenters. The second kappa shape index (κ2) is 4.68. The van der Waals surface area contributed by atoms with Crippen LogP contribution >= 0.6 is 22.9 Å². The van der Waals surface area contributed by atoms with E-state index >= 15 is 0 Å². The summed E-state index contributed by atoms with van der Waals surface area (Å²) in [5.74, 6) is 0. The molecule has 0 saturated heterocycles. The molecular weight excluding hydrogens is 278 g/mol. The van der Waals surface area contributed by atoms with Crippen LogP contribution in [0.4, 0.5) is 5.69 Å². The zero-order chi connectivity index (χ0) is 12.5. The molecule has 0 fully saturated rings. The Kier molecular flexibility index (Phi) is 3.42. The minimum absolute atomic E-state index is 0.226. The number of hydrogen-bond donors (Lipinski definition) is 1. The lowest BCUT2D eigenvalue weighted by molar-refractivity contribution is 0.603. The summed E-state index contributed by atoms with van der Waals surface area (Å²) in [6, 6.07) is 10.3. The van der Waals surface area contributed by atoms with Crippen LogP contribution in [0.1, 0.15) is 5.56 Å². The fraction of sp³-hybridized carbons (Fsp3) is 0.0909. The van der Waals surface area contributed by atoms with Crippen molar-refractivity contribution in [1.29, 1.82) is 0 Å². The Morgan fingerprint density at radius 2 is 1.88 bits per heavy atom. The minimum Gasteiger partial charge on any atom is -0.279 e. The number of halogens is 1. The van der Waals surface area contributed by atoms with Crippen molar-refractivity contribution in [1.82, 2.24) is 0 Å². The average molecular weight is 288 g/mol. The predicted molar refractivity (Wildman–Crippen MR) is 71.3 cm³/mol. The normalized spacial score (nSPS) is 11.4. The average Bonchev–Trinajstić information content (AvgIpc) is 2.61. The molecule has 1 aromatic heterocycles. The molecule has 2 aromatic rings. The number of rotatable bonds is 3. The number of hydrogen-bond acceptors (Lipinski definition) is 3. The number of benzene rings is 1. The number of anilines is 1. The molecular formula is C11H10ClNO2S2. The summed E-state index contributed by atoms with van der Waals surface area (Å²) in [6.45, 7) is 1.78. The second-order valence-corrected chi connectivity index (χ2v) is 7.06. The fourth-order valence-corrected chi connectivity index (χ4v) is 4.04. The number of para-hydroxylation sites is 1. The van der Waals surface area contributed by atoms with Gasteiger partial charge in [-0.15, -0.1) is 11.3 Å². The van der Waals surface area contributed by atoms with Gasteiger partial charge < -0.3 is 0 Å². The van der Waals surface area contributed by atoms with E-state index in [2.05, 4.69) is 4.72 Å². The molecule has 0 bridgehead atoms. The molecule has 1 heterocycles. The third kappa shape index (κ3) is 2.80. The van der Waals surface area contributed by atoms with E-state index in [1.807, 2.05) is 6.07 Å². The number of sulfonamides is 1. The first-order valence-electron chi connectivity index (χ1n) is 4.83. The largest absolute Gasteiger partial charge is 0.279 e. The van der Waals surface area contributed by atoms with Gasteiger partial charge in [0.25, 0.3) is 10.0 Å². The Bertz CT molecular complexity index is 601. The maximum atomic E-state index is 12.0. The van der Waals surface area contributed by atoms with Gasteiger partial charge in [-0.2, -0.15) is 0 Å². The Morgan fingerprint density at radius 3 is 2.41 bits per heavy atom. The number of thiophene rings is 1. The smallest absolute Gasteiger partial charge is 0.271 e. The second-order valence-electron chi connectivity index (χ2n) is 3.49. The summed E-state index contributed by atoms with van der Waals surface area (Å²) in [6.07, 6.45) is 0. The third-order valence-electron chi connectivity index (χ3n) is 2.13. The first kappa shape index (κ1) is 12.4. The van der Waals surface area contributed by atoms with Gasteiger partial charge in [0.2, 0.25) is 0 Å². The van der Waals surface area contributed by atoms with E-state index in [1.54, 1.807) is 37.3 Å². The molecule has 0 atom stereocenters. The lowest BCUT2D eigenvalue weighted by Crippen LogP contribution is -2.11. The highest BCUT2D eigenvalue weighted by Crippen LogP contribution is 2.31. The maximum absolute atomic E-state index is 12.0. The van der Waals surface area contributed by atoms with E-state index in [0.717, 1.165) is 16.9 Å². The van der Waals surface area contributed by atoms with Gasteiger partial charge in [-0.25, -0.2) is 8.42 Å². The number of nitrogens with one attached hydrogen (secondary N) is 1. The van der Waals surface area contributed by atoms with Crippen molar-refractivity contribution < 1.29 is 8.42 Å². The molecule has 2 rings (SSSR count). The van der Waals surface area contributed by atoms with Crippen molar-refractivity contribution in [2.45, 2.75) is 11.1 Å². The highest BCUT2D eigenvalue weighted by Gasteiger charge is 2.18. The first-order valence-corrected chi connectivity index (χ1v) is 7.50. The van der Waals surface area contributed by atoms with Crippen LogP contribution in [0.3, 0.4) is 0 Å². The molecule has 0 spiro atoms. The Hall–Kier alpha value is -1.04. The van der Waals surface area contributed by atoms with Crippen LogP contribution in [-0.4, -0.2) is 8.42 Å². The third-order valence-corrected chi connectivity index (χ3v) is 5.54. The van der Waals surface area contributed by atoms with Crippen LogP contribution in [0.5, 0.6) is 0 Å². The van der Waals surface area contributed by atoms with Crippen LogP contribution in [0.2, 0.25) is 4.34 Å². The van der Waals surface area contributed by atoms with Gasteiger partial charge in [0.1, 0.15) is 4.21 Å². The minimum atomic E-state index is -3.53. The summed E-state index contributed by atoms with van der Waals surface area (Å²) >= 11 is 6.92. The SMILES string of the molecule is Cc1cc(S(=O)(=O)Nc2ccccc2)sc1Cl. The standard InChI is InChI=1S/C11H10ClNO2S2/c1-8-7-10(16-11(8)12)17(14,15)13-9-5-3-2-4-6-9/h2-7,13H,1H3. The van der Waals surface area contributed by atoms with Crippen molar-refractivity contribution in [3.63, 3.8) is 0 Å². The zero-order valence-corrected chi connectivity index (χ0v) is 11.4. The highest BCUT2D eigenvalue weighted by molar-refractivity contribution is 7.94. The summed E-state index contributed by atoms with van der Waals surface area (Å²) in [7, 11) is -3.53. The van der Waals surface area contributed by atoms with Crippen molar-refractivity contribution >= 4 is 38.6 Å². The van der Waals surface area contributed by atoms with E-state index in [0.29, 0.717) is 10.0 Å². The lowest BCUT2D eigenvalue weighted by Gasteiger charge is -2.05. The Balaban J connectivity index is 2.32. The summed E-state index contributed by atoms with van der Waals surface area (Å²) < 4.78 is 27.2. The summed E-state index contributed by atoms with van der Waals surface area (Å²) in [5.41, 5.74) is 1.31. The van der Waals surface area contributed by atoms with Crippen molar-refractivity contribution in [3.05, 3.63) is 46.3 Å². The van der Waals surface area contributed by atoms with Gasteiger partial charge in [-0.1, -0.05) is 29.8 Å². The molecule has 0 aliphatic carbocycles. The highest BCUT2D eigenvalue weighted by atomic mass is 35.5. The maximum Gasteiger partial charge on any atom is 0.271 e. The monoisotopic (exact) mass is 287 g/mol. The predicted octanol–water partition coefficient (Wildman–Crippen LogP) is 3.51. The molecule has 0 aliphatic heterocycles. The van der Waals surface area contributed by atoms with E-state index in [9.17, 15) is 8.42 Å². The molecule has 6 heteroatoms. The summed E-state index contributed by atoms with van der Waals surface area (Å²) in [4.78, 5) is 0. The van der Waals surface area contributed by atoms with Crippen molar-refractivity contribution in [3.8, 4) is 0 Å². The van der Waals surface area contributed by atoms with Gasteiger partial charge in [-0.3, -0.25) is 4.72 Å². The topological polar surface area (TPSA) is 46.2 Å². The van der Waals surface area contributed by atoms with Gasteiger partial charge in [-0.05, 0) is 30.7 Å². The van der Waals surface area contributed by atoms with E-state index in [1.165, 1.54) is 0 Å². The van der Waals surface area contributed by atoms with E-state index < -0.39 is 10.0 Å². The van der Waals surface area contributed by atoms with Crippen molar-refractivity contribution in [2.75, 3.05) is 4.72 Å². The number of aryl methyl sites for hydroxylation is 1. The van der Waals surface area contributed by atoms with Crippen LogP contribution in [0, 0.1) is 6.92 Å². The summed E-state index contributed by atoms with van der Waals surface area (Å²) in [5, 5.41) is 0. The molecule has 1 N–H and O–H groups in total. The first-order chi connectivity index (χ1) is 7.99. The van der Waals surface area contributed by atoms with Gasteiger partial charge in [0.05, 0.1) is 4.34 Å². The van der Waals surface area contributed by atoms with Crippen LogP contribution in [0.15, 0.2) is 40.6 Å². The van der Waals surface area contributed by atoms with Crippen LogP contribution < -0.4 is 4.72 Å². The lowest BCUT2D eigenvalue weighted by atomic mass is 10.3. The molecule has 0 aliphatic rings. The van der Waals surface area contributed by atoms with Crippen LogP contribution in [0.25, 0.3) is 0 Å². The quantitative estimate of drug-likeness (QED) is 0.939. The van der Waals surface area contributed by atoms with Gasteiger partial charge in [0, 0.05) is 5.69 Å². The van der Waals surface area contributed by atoms with E-state index in [4.69, 9.17) is 11.6 Å². The van der Waals surface area contributed by atoms with Gasteiger partial charge >= 0.3 is 0 Å². The molecule has 0 saturated carbocycles. The Morgan fingerprint density at radius 1 is 1.24 bits per heavy atom. The Labute approximate surface area is 109 Å². The molecule has 90 valence electrons. The van der Waals surface area contributed by atoms with Gasteiger partial charge in [0.15, 0.2) is 0 Å². The van der Waals surface area contributed by atoms with Crippen molar-refractivity contribution in [2.24, 2.45) is 0 Å². The molecule has 0 radical (unpaired) electrons. The molecule has 0 amide bonds. The fourth-order valence-electron chi connectivity index (χ4n) is 1.28. The zero-order valence-electron chi connectivity index (χ0n) is 8.98. The van der Waals surface area contributed by atoms with Crippen LogP contribution in [-0.2, 0) is 10.0 Å². The molecule has 1 aromatic carbocycles. The molecule has 17 heavy (non-hydrogen) atoms. The van der Waals surface area contributed by atoms with E-state index in [-0.39, 0.29) is 4.21 Å².